The summed E-state index contributed by atoms with van der Waals surface area (Å²) >= 11 is 0. The molecule has 0 N–H and O–H groups in total. The molecule has 0 saturated heterocycles. The number of carbonyl (C=O) groups is 1. The van der Waals surface area contributed by atoms with E-state index in [0.29, 0.717) is 30.1 Å². The fourth-order valence-corrected chi connectivity index (χ4v) is 2.34. The third-order valence-corrected chi connectivity index (χ3v) is 3.40. The monoisotopic (exact) mass is 283 g/mol. The summed E-state index contributed by atoms with van der Waals surface area (Å²) in [4.78, 5) is 16.6. The zero-order valence-electron chi connectivity index (χ0n) is 12.0. The van der Waals surface area contributed by atoms with Crippen molar-refractivity contribution in [1.29, 1.82) is 0 Å². The van der Waals surface area contributed by atoms with Gasteiger partial charge in [0.2, 0.25) is 0 Å². The molecule has 2 aromatic rings. The summed E-state index contributed by atoms with van der Waals surface area (Å²) in [6, 6.07) is 7.31. The summed E-state index contributed by atoms with van der Waals surface area (Å²) in [5.41, 5.74) is 2.29. The van der Waals surface area contributed by atoms with Gasteiger partial charge in [-0.1, -0.05) is 6.92 Å². The molecule has 0 bridgehead atoms. The summed E-state index contributed by atoms with van der Waals surface area (Å²) in [6.07, 6.45) is 4.98. The van der Waals surface area contributed by atoms with Crippen LogP contribution in [0.2, 0.25) is 0 Å². The van der Waals surface area contributed by atoms with E-state index in [-0.39, 0.29) is 5.78 Å². The van der Waals surface area contributed by atoms with Crippen molar-refractivity contribution < 1.29 is 14.3 Å². The van der Waals surface area contributed by atoms with Crippen molar-refractivity contribution in [2.24, 2.45) is 0 Å². The zero-order chi connectivity index (χ0) is 14.7. The van der Waals surface area contributed by atoms with Crippen molar-refractivity contribution in [2.45, 2.75) is 19.8 Å². The average Bonchev–Trinajstić information content (AvgIpc) is 3.00. The third kappa shape index (κ3) is 2.89. The first kappa shape index (κ1) is 13.6. The van der Waals surface area contributed by atoms with E-state index in [2.05, 4.69) is 4.98 Å². The number of hydrogen-bond donors (Lipinski definition) is 0. The predicted octanol–water partition coefficient (Wildman–Crippen LogP) is 3.04. The van der Waals surface area contributed by atoms with Crippen molar-refractivity contribution in [1.82, 2.24) is 4.98 Å². The number of benzene rings is 1. The Hall–Kier alpha value is -2.36. The van der Waals surface area contributed by atoms with Crippen LogP contribution in [0.4, 0.5) is 0 Å². The number of ketones is 1. The lowest BCUT2D eigenvalue weighted by molar-refractivity contribution is 0.103. The van der Waals surface area contributed by atoms with Gasteiger partial charge in [0, 0.05) is 23.7 Å². The second kappa shape index (κ2) is 5.95. The predicted molar refractivity (Wildman–Crippen MR) is 79.1 cm³/mol. The van der Waals surface area contributed by atoms with E-state index in [0.717, 1.165) is 24.2 Å². The Labute approximate surface area is 123 Å². The molecular formula is C17H17NO3. The van der Waals surface area contributed by atoms with Crippen LogP contribution in [0, 0.1) is 0 Å². The maximum absolute atomic E-state index is 12.5. The normalized spacial score (nSPS) is 12.6. The Bertz CT molecular complexity index is 667. The minimum Gasteiger partial charge on any atom is -0.493 e. The molecule has 1 aliphatic rings. The van der Waals surface area contributed by atoms with E-state index in [9.17, 15) is 4.79 Å². The molecule has 1 aromatic heterocycles. The van der Waals surface area contributed by atoms with Crippen LogP contribution in [0.1, 0.15) is 34.8 Å². The van der Waals surface area contributed by atoms with Gasteiger partial charge >= 0.3 is 0 Å². The smallest absolute Gasteiger partial charge is 0.194 e. The van der Waals surface area contributed by atoms with Gasteiger partial charge in [-0.05, 0) is 36.2 Å². The summed E-state index contributed by atoms with van der Waals surface area (Å²) in [7, 11) is 0. The Morgan fingerprint density at radius 2 is 2.19 bits per heavy atom. The molecule has 0 radical (unpaired) electrons. The van der Waals surface area contributed by atoms with Gasteiger partial charge in [-0.15, -0.1) is 0 Å². The van der Waals surface area contributed by atoms with Crippen LogP contribution in [-0.2, 0) is 6.42 Å². The molecule has 0 atom stereocenters. The quantitative estimate of drug-likeness (QED) is 0.791. The van der Waals surface area contributed by atoms with Gasteiger partial charge in [0.25, 0.3) is 0 Å². The molecule has 0 unspecified atom stereocenters. The van der Waals surface area contributed by atoms with Crippen molar-refractivity contribution in [3.63, 3.8) is 0 Å². The number of nitrogens with zero attached hydrogens (tertiary/aromatic N) is 1. The number of ether oxygens (including phenoxy) is 2. The van der Waals surface area contributed by atoms with Crippen LogP contribution in [0.15, 0.2) is 36.7 Å². The topological polar surface area (TPSA) is 48.4 Å². The van der Waals surface area contributed by atoms with Gasteiger partial charge in [0.05, 0.1) is 19.4 Å². The second-order valence-electron chi connectivity index (χ2n) is 5.01. The van der Waals surface area contributed by atoms with Gasteiger partial charge in [-0.2, -0.15) is 0 Å². The molecule has 0 aliphatic carbocycles. The van der Waals surface area contributed by atoms with Gasteiger partial charge in [-0.25, -0.2) is 0 Å². The SMILES string of the molecule is CCCOc1cncc(C(=O)c2ccc3c(c2)CCO3)c1. The molecule has 2 heterocycles. The molecule has 0 spiro atoms. The van der Waals surface area contributed by atoms with E-state index in [1.54, 1.807) is 24.5 Å². The lowest BCUT2D eigenvalue weighted by atomic mass is 10.0. The van der Waals surface area contributed by atoms with E-state index >= 15 is 0 Å². The Kier molecular flexibility index (Phi) is 3.86. The van der Waals surface area contributed by atoms with Gasteiger partial charge in [-0.3, -0.25) is 9.78 Å². The first-order valence-electron chi connectivity index (χ1n) is 7.16. The average molecular weight is 283 g/mol. The molecule has 21 heavy (non-hydrogen) atoms. The van der Waals surface area contributed by atoms with Crippen LogP contribution in [0.25, 0.3) is 0 Å². The molecule has 4 nitrogen and oxygen atoms in total. The minimum atomic E-state index is -0.0425. The molecular weight excluding hydrogens is 266 g/mol. The second-order valence-corrected chi connectivity index (χ2v) is 5.01. The number of carbonyl (C=O) groups excluding carboxylic acids is 1. The molecule has 0 fully saturated rings. The highest BCUT2D eigenvalue weighted by molar-refractivity contribution is 6.09. The minimum absolute atomic E-state index is 0.0425. The maximum atomic E-state index is 12.5. The highest BCUT2D eigenvalue weighted by Gasteiger charge is 2.16. The zero-order valence-corrected chi connectivity index (χ0v) is 12.0. The van der Waals surface area contributed by atoms with Crippen LogP contribution >= 0.6 is 0 Å². The molecule has 108 valence electrons. The molecule has 1 aliphatic heterocycles. The van der Waals surface area contributed by atoms with Crippen LogP contribution in [0.3, 0.4) is 0 Å². The molecule has 1 aromatic carbocycles. The fraction of sp³-hybridized carbons (Fsp3) is 0.294. The number of pyridine rings is 1. The molecule has 0 amide bonds. The van der Waals surface area contributed by atoms with Crippen LogP contribution in [-0.4, -0.2) is 24.0 Å². The highest BCUT2D eigenvalue weighted by atomic mass is 16.5. The van der Waals surface area contributed by atoms with E-state index < -0.39 is 0 Å². The van der Waals surface area contributed by atoms with E-state index in [4.69, 9.17) is 9.47 Å². The number of aromatic nitrogens is 1. The van der Waals surface area contributed by atoms with Crippen LogP contribution < -0.4 is 9.47 Å². The van der Waals surface area contributed by atoms with Gasteiger partial charge < -0.3 is 9.47 Å². The lowest BCUT2D eigenvalue weighted by Gasteiger charge is -2.07. The van der Waals surface area contributed by atoms with Crippen LogP contribution in [0.5, 0.6) is 11.5 Å². The highest BCUT2D eigenvalue weighted by Crippen LogP contribution is 2.27. The lowest BCUT2D eigenvalue weighted by Crippen LogP contribution is -2.04. The Morgan fingerprint density at radius 3 is 3.05 bits per heavy atom. The molecule has 3 rings (SSSR count). The number of hydrogen-bond acceptors (Lipinski definition) is 4. The maximum Gasteiger partial charge on any atom is 0.194 e. The summed E-state index contributed by atoms with van der Waals surface area (Å²) in [5, 5.41) is 0. The Morgan fingerprint density at radius 1 is 1.29 bits per heavy atom. The fourth-order valence-electron chi connectivity index (χ4n) is 2.34. The first-order valence-corrected chi connectivity index (χ1v) is 7.16. The standard InChI is InChI=1S/C17H17NO3/c1-2-6-20-15-9-14(10-18-11-15)17(19)13-3-4-16-12(8-13)5-7-21-16/h3-4,8-11H,2,5-7H2,1H3. The van der Waals surface area contributed by atoms with E-state index in [1.807, 2.05) is 19.1 Å². The van der Waals surface area contributed by atoms with Crippen molar-refractivity contribution in [2.75, 3.05) is 13.2 Å². The summed E-state index contributed by atoms with van der Waals surface area (Å²) in [6.45, 7) is 3.35. The molecule has 0 saturated carbocycles. The summed E-state index contributed by atoms with van der Waals surface area (Å²) in [5.74, 6) is 1.47. The van der Waals surface area contributed by atoms with Gasteiger partial charge in [0.1, 0.15) is 11.5 Å². The van der Waals surface area contributed by atoms with Crippen molar-refractivity contribution in [3.8, 4) is 11.5 Å². The number of fused-ring (bicyclic) bond motifs is 1. The third-order valence-electron chi connectivity index (χ3n) is 3.40. The molecule has 4 heteroatoms. The van der Waals surface area contributed by atoms with Crippen molar-refractivity contribution in [3.05, 3.63) is 53.3 Å². The summed E-state index contributed by atoms with van der Waals surface area (Å²) < 4.78 is 11.0. The Balaban J connectivity index is 1.84. The van der Waals surface area contributed by atoms with E-state index in [1.165, 1.54) is 0 Å². The van der Waals surface area contributed by atoms with Crippen molar-refractivity contribution >= 4 is 5.78 Å². The first-order chi connectivity index (χ1) is 10.3. The van der Waals surface area contributed by atoms with Gasteiger partial charge in [0.15, 0.2) is 5.78 Å². The largest absolute Gasteiger partial charge is 0.493 e. The number of rotatable bonds is 5.